The monoisotopic (exact) mass is 361 g/mol. The predicted octanol–water partition coefficient (Wildman–Crippen LogP) is 4.10. The first-order chi connectivity index (χ1) is 12.0. The molecule has 0 aliphatic carbocycles. The maximum absolute atomic E-state index is 13.6. The number of nitrogens with zero attached hydrogens (tertiary/aromatic N) is 2. The standard InChI is InChI=1S/C17H13ClFN3O3/c1-9(23)25-16-6-11-14(7-15(16)24-2)20-8-21-17(11)22-10-3-4-12(18)13(19)5-10/h3-8H,1-2H3,(H,20,21,22). The molecular weight excluding hydrogens is 349 g/mol. The second kappa shape index (κ2) is 6.90. The third-order valence-corrected chi connectivity index (χ3v) is 3.66. The number of anilines is 2. The highest BCUT2D eigenvalue weighted by Gasteiger charge is 2.13. The number of carbonyl (C=O) groups is 1. The highest BCUT2D eigenvalue weighted by Crippen LogP contribution is 2.35. The summed E-state index contributed by atoms with van der Waals surface area (Å²) in [6, 6.07) is 7.53. The molecule has 3 rings (SSSR count). The lowest BCUT2D eigenvalue weighted by molar-refractivity contribution is -0.132. The van der Waals surface area contributed by atoms with Gasteiger partial charge in [0.25, 0.3) is 0 Å². The molecule has 0 saturated carbocycles. The van der Waals surface area contributed by atoms with Gasteiger partial charge in [0.2, 0.25) is 0 Å². The zero-order valence-electron chi connectivity index (χ0n) is 13.3. The summed E-state index contributed by atoms with van der Waals surface area (Å²) in [5, 5.41) is 3.61. The van der Waals surface area contributed by atoms with E-state index in [0.29, 0.717) is 28.2 Å². The first-order valence-corrected chi connectivity index (χ1v) is 7.59. The molecule has 0 saturated heterocycles. The summed E-state index contributed by atoms with van der Waals surface area (Å²) in [5.41, 5.74) is 1.03. The molecule has 0 bridgehead atoms. The van der Waals surface area contributed by atoms with Gasteiger partial charge in [-0.15, -0.1) is 0 Å². The number of esters is 1. The Labute approximate surface area is 147 Å². The normalized spacial score (nSPS) is 10.6. The van der Waals surface area contributed by atoms with Crippen molar-refractivity contribution in [3.63, 3.8) is 0 Å². The quantitative estimate of drug-likeness (QED) is 0.557. The van der Waals surface area contributed by atoms with Crippen LogP contribution in [0.4, 0.5) is 15.9 Å². The number of hydrogen-bond donors (Lipinski definition) is 1. The molecule has 25 heavy (non-hydrogen) atoms. The zero-order chi connectivity index (χ0) is 18.0. The third kappa shape index (κ3) is 3.61. The SMILES string of the molecule is COc1cc2ncnc(Nc3ccc(Cl)c(F)c3)c2cc1OC(C)=O. The van der Waals surface area contributed by atoms with E-state index in [1.807, 2.05) is 0 Å². The minimum Gasteiger partial charge on any atom is -0.493 e. The molecule has 3 aromatic rings. The first-order valence-electron chi connectivity index (χ1n) is 7.21. The van der Waals surface area contributed by atoms with Crippen LogP contribution in [0.5, 0.6) is 11.5 Å². The molecule has 0 spiro atoms. The number of rotatable bonds is 4. The Kier molecular flexibility index (Phi) is 4.67. The molecular formula is C17H13ClFN3O3. The van der Waals surface area contributed by atoms with Gasteiger partial charge >= 0.3 is 5.97 Å². The van der Waals surface area contributed by atoms with Crippen molar-refractivity contribution in [1.82, 2.24) is 9.97 Å². The van der Waals surface area contributed by atoms with E-state index in [2.05, 4.69) is 15.3 Å². The van der Waals surface area contributed by atoms with Crippen LogP contribution >= 0.6 is 11.6 Å². The van der Waals surface area contributed by atoms with Crippen molar-refractivity contribution in [2.24, 2.45) is 0 Å². The topological polar surface area (TPSA) is 73.3 Å². The molecule has 8 heteroatoms. The maximum Gasteiger partial charge on any atom is 0.308 e. The van der Waals surface area contributed by atoms with Crippen molar-refractivity contribution in [1.29, 1.82) is 0 Å². The van der Waals surface area contributed by atoms with Gasteiger partial charge in [-0.05, 0) is 24.3 Å². The Balaban J connectivity index is 2.08. The van der Waals surface area contributed by atoms with E-state index in [4.69, 9.17) is 21.1 Å². The maximum atomic E-state index is 13.6. The Bertz CT molecular complexity index is 965. The molecule has 1 N–H and O–H groups in total. The minimum atomic E-state index is -0.549. The molecule has 128 valence electrons. The highest BCUT2D eigenvalue weighted by molar-refractivity contribution is 6.30. The van der Waals surface area contributed by atoms with Crippen LogP contribution in [0.2, 0.25) is 5.02 Å². The Hall–Kier alpha value is -2.93. The van der Waals surface area contributed by atoms with E-state index in [1.54, 1.807) is 18.2 Å². The van der Waals surface area contributed by atoms with Gasteiger partial charge in [-0.25, -0.2) is 14.4 Å². The minimum absolute atomic E-state index is 0.0278. The highest BCUT2D eigenvalue weighted by atomic mass is 35.5. The summed E-state index contributed by atoms with van der Waals surface area (Å²) in [4.78, 5) is 19.6. The smallest absolute Gasteiger partial charge is 0.308 e. The average Bonchev–Trinajstić information content (AvgIpc) is 2.57. The second-order valence-electron chi connectivity index (χ2n) is 5.09. The van der Waals surface area contributed by atoms with E-state index in [0.717, 1.165) is 0 Å². The van der Waals surface area contributed by atoms with Gasteiger partial charge in [-0.2, -0.15) is 0 Å². The van der Waals surface area contributed by atoms with Crippen LogP contribution in [0.1, 0.15) is 6.92 Å². The van der Waals surface area contributed by atoms with Crippen LogP contribution in [-0.2, 0) is 4.79 Å². The number of fused-ring (bicyclic) bond motifs is 1. The number of aromatic nitrogens is 2. The number of nitrogens with one attached hydrogen (secondary N) is 1. The lowest BCUT2D eigenvalue weighted by Gasteiger charge is -2.12. The summed E-state index contributed by atoms with van der Waals surface area (Å²) in [6.07, 6.45) is 1.36. The van der Waals surface area contributed by atoms with Crippen molar-refractivity contribution < 1.29 is 18.7 Å². The number of ether oxygens (including phenoxy) is 2. The zero-order valence-corrected chi connectivity index (χ0v) is 14.1. The van der Waals surface area contributed by atoms with E-state index < -0.39 is 11.8 Å². The number of methoxy groups -OCH3 is 1. The van der Waals surface area contributed by atoms with Gasteiger partial charge in [0.1, 0.15) is 18.0 Å². The van der Waals surface area contributed by atoms with E-state index >= 15 is 0 Å². The fourth-order valence-electron chi connectivity index (χ4n) is 2.27. The Morgan fingerprint density at radius 2 is 2.00 bits per heavy atom. The molecule has 0 amide bonds. The molecule has 0 aliphatic rings. The van der Waals surface area contributed by atoms with Gasteiger partial charge in [-0.1, -0.05) is 11.6 Å². The Morgan fingerprint density at radius 3 is 2.68 bits per heavy atom. The molecule has 6 nitrogen and oxygen atoms in total. The molecule has 1 aromatic heterocycles. The van der Waals surface area contributed by atoms with Crippen LogP contribution in [-0.4, -0.2) is 23.0 Å². The van der Waals surface area contributed by atoms with E-state index in [9.17, 15) is 9.18 Å². The van der Waals surface area contributed by atoms with Crippen LogP contribution < -0.4 is 14.8 Å². The summed E-state index contributed by atoms with van der Waals surface area (Å²) in [5.74, 6) is -0.00798. The second-order valence-corrected chi connectivity index (χ2v) is 5.50. The fraction of sp³-hybridized carbons (Fsp3) is 0.118. The van der Waals surface area contributed by atoms with Gasteiger partial charge in [0.05, 0.1) is 17.6 Å². The van der Waals surface area contributed by atoms with E-state index in [-0.39, 0.29) is 10.8 Å². The number of halogens is 2. The Morgan fingerprint density at radius 1 is 1.20 bits per heavy atom. The van der Waals surface area contributed by atoms with Crippen molar-refractivity contribution in [2.45, 2.75) is 6.92 Å². The molecule has 1 heterocycles. The molecule has 0 atom stereocenters. The number of carbonyl (C=O) groups excluding carboxylic acids is 1. The molecule has 0 unspecified atom stereocenters. The molecule has 0 aliphatic heterocycles. The first kappa shape index (κ1) is 16.9. The molecule has 2 aromatic carbocycles. The van der Waals surface area contributed by atoms with Crippen LogP contribution in [0.15, 0.2) is 36.7 Å². The van der Waals surface area contributed by atoms with Gasteiger partial charge in [0.15, 0.2) is 11.5 Å². The van der Waals surface area contributed by atoms with E-state index in [1.165, 1.54) is 32.5 Å². The lowest BCUT2D eigenvalue weighted by atomic mass is 10.2. The van der Waals surface area contributed by atoms with Crippen molar-refractivity contribution >= 4 is 40.0 Å². The summed E-state index contributed by atoms with van der Waals surface area (Å²) in [6.45, 7) is 1.29. The van der Waals surface area contributed by atoms with Crippen LogP contribution in [0.3, 0.4) is 0 Å². The fourth-order valence-corrected chi connectivity index (χ4v) is 2.39. The summed E-state index contributed by atoms with van der Waals surface area (Å²) in [7, 11) is 1.46. The largest absolute Gasteiger partial charge is 0.493 e. The molecule has 0 fully saturated rings. The van der Waals surface area contributed by atoms with Crippen molar-refractivity contribution in [3.05, 3.63) is 47.5 Å². The number of benzene rings is 2. The number of hydrogen-bond acceptors (Lipinski definition) is 6. The summed E-state index contributed by atoms with van der Waals surface area (Å²) >= 11 is 5.69. The van der Waals surface area contributed by atoms with Gasteiger partial charge < -0.3 is 14.8 Å². The average molecular weight is 362 g/mol. The lowest BCUT2D eigenvalue weighted by Crippen LogP contribution is -2.04. The summed E-state index contributed by atoms with van der Waals surface area (Å²) < 4.78 is 24.0. The molecule has 0 radical (unpaired) electrons. The van der Waals surface area contributed by atoms with Gasteiger partial charge in [0, 0.05) is 24.1 Å². The van der Waals surface area contributed by atoms with Crippen molar-refractivity contribution in [2.75, 3.05) is 12.4 Å². The van der Waals surface area contributed by atoms with Gasteiger partial charge in [-0.3, -0.25) is 4.79 Å². The van der Waals surface area contributed by atoms with Crippen LogP contribution in [0, 0.1) is 5.82 Å². The van der Waals surface area contributed by atoms with Crippen molar-refractivity contribution in [3.8, 4) is 11.5 Å². The predicted molar refractivity (Wildman–Crippen MR) is 92.1 cm³/mol. The van der Waals surface area contributed by atoms with Crippen LogP contribution in [0.25, 0.3) is 10.9 Å². The third-order valence-electron chi connectivity index (χ3n) is 3.36.